The number of hydrogen-bond donors (Lipinski definition) is 1. The van der Waals surface area contributed by atoms with E-state index in [9.17, 15) is 9.90 Å². The first-order valence-corrected chi connectivity index (χ1v) is 8.42. The van der Waals surface area contributed by atoms with Crippen LogP contribution in [0.15, 0.2) is 97.1 Å². The number of benzene rings is 3. The Morgan fingerprint density at radius 1 is 0.846 bits per heavy atom. The highest BCUT2D eigenvalue weighted by atomic mass is 16.5. The average Bonchev–Trinajstić information content (AvgIpc) is 2.72. The van der Waals surface area contributed by atoms with Crippen LogP contribution >= 0.6 is 0 Å². The molecule has 0 aliphatic heterocycles. The maximum atomic E-state index is 12.7. The molecule has 0 aromatic heterocycles. The van der Waals surface area contributed by atoms with Crippen LogP contribution in [-0.2, 0) is 21.7 Å². The number of aliphatic hydroxyl groups is 1. The number of carbonyl (C=O) groups is 1. The Bertz CT molecular complexity index is 858. The minimum atomic E-state index is -1.86. The van der Waals surface area contributed by atoms with Gasteiger partial charge in [-0.25, -0.2) is 4.79 Å². The summed E-state index contributed by atoms with van der Waals surface area (Å²) in [6.45, 7) is 0.105. The molecule has 0 fully saturated rings. The van der Waals surface area contributed by atoms with Gasteiger partial charge in [-0.05, 0) is 22.8 Å². The maximum absolute atomic E-state index is 12.7. The Morgan fingerprint density at radius 2 is 1.38 bits per heavy atom. The molecule has 1 N–H and O–H groups in total. The van der Waals surface area contributed by atoms with Crippen molar-refractivity contribution in [2.24, 2.45) is 0 Å². The summed E-state index contributed by atoms with van der Waals surface area (Å²) >= 11 is 0. The lowest BCUT2D eigenvalue weighted by Gasteiger charge is -2.23. The normalized spacial score (nSPS) is 13.3. The second-order valence-corrected chi connectivity index (χ2v) is 5.94. The molecule has 0 aliphatic rings. The van der Waals surface area contributed by atoms with E-state index in [2.05, 4.69) is 0 Å². The second kappa shape index (κ2) is 8.28. The predicted molar refractivity (Wildman–Crippen MR) is 102 cm³/mol. The van der Waals surface area contributed by atoms with E-state index in [0.29, 0.717) is 5.56 Å². The number of ether oxygens (including phenoxy) is 1. The van der Waals surface area contributed by atoms with Gasteiger partial charge >= 0.3 is 5.97 Å². The number of rotatable bonds is 6. The molecule has 0 amide bonds. The Morgan fingerprint density at radius 3 is 2.00 bits per heavy atom. The summed E-state index contributed by atoms with van der Waals surface area (Å²) in [6.07, 6.45) is 3.20. The quantitative estimate of drug-likeness (QED) is 0.677. The smallest absolute Gasteiger partial charge is 0.347 e. The maximum Gasteiger partial charge on any atom is 0.347 e. The van der Waals surface area contributed by atoms with Crippen molar-refractivity contribution in [2.75, 3.05) is 0 Å². The van der Waals surface area contributed by atoms with E-state index in [4.69, 9.17) is 4.74 Å². The first kappa shape index (κ1) is 17.6. The van der Waals surface area contributed by atoms with Gasteiger partial charge in [-0.3, -0.25) is 0 Å². The monoisotopic (exact) mass is 344 g/mol. The number of esters is 1. The van der Waals surface area contributed by atoms with Gasteiger partial charge in [0.2, 0.25) is 5.60 Å². The summed E-state index contributed by atoms with van der Waals surface area (Å²) in [7, 11) is 0. The largest absolute Gasteiger partial charge is 0.458 e. The number of hydrogen-bond acceptors (Lipinski definition) is 3. The van der Waals surface area contributed by atoms with Gasteiger partial charge in [-0.1, -0.05) is 97.1 Å². The molecule has 3 heteroatoms. The fraction of sp³-hybridized carbons (Fsp3) is 0.0870. The summed E-state index contributed by atoms with van der Waals surface area (Å²) < 4.78 is 5.40. The topological polar surface area (TPSA) is 46.5 Å². The van der Waals surface area contributed by atoms with Crippen LogP contribution in [0.2, 0.25) is 0 Å². The van der Waals surface area contributed by atoms with Gasteiger partial charge in [-0.15, -0.1) is 0 Å². The van der Waals surface area contributed by atoms with Crippen molar-refractivity contribution < 1.29 is 14.6 Å². The van der Waals surface area contributed by atoms with Gasteiger partial charge in [0, 0.05) is 0 Å². The van der Waals surface area contributed by atoms with Crippen molar-refractivity contribution in [1.29, 1.82) is 0 Å². The Balaban J connectivity index is 1.85. The third-order valence-electron chi connectivity index (χ3n) is 4.05. The van der Waals surface area contributed by atoms with Crippen LogP contribution in [0.4, 0.5) is 0 Å². The second-order valence-electron chi connectivity index (χ2n) is 5.94. The highest BCUT2D eigenvalue weighted by Gasteiger charge is 2.37. The zero-order valence-electron chi connectivity index (χ0n) is 14.3. The highest BCUT2D eigenvalue weighted by molar-refractivity contribution is 5.85. The average molecular weight is 344 g/mol. The van der Waals surface area contributed by atoms with Gasteiger partial charge < -0.3 is 9.84 Å². The summed E-state index contributed by atoms with van der Waals surface area (Å²) in [5, 5.41) is 11.1. The minimum absolute atomic E-state index is 0.105. The van der Waals surface area contributed by atoms with E-state index in [1.807, 2.05) is 66.7 Å². The standard InChI is InChI=1S/C23H20O3/c24-22(26-18-20-12-6-2-7-13-20)23(25,21-14-8-3-9-15-21)17-16-19-10-4-1-5-11-19/h1-17,25H,18H2/b17-16+/t23-/m0/s1. The Labute approximate surface area is 153 Å². The molecular weight excluding hydrogens is 324 g/mol. The summed E-state index contributed by atoms with van der Waals surface area (Å²) in [4.78, 5) is 12.7. The molecule has 0 radical (unpaired) electrons. The zero-order chi connectivity index (χ0) is 18.2. The van der Waals surface area contributed by atoms with Crippen molar-refractivity contribution in [3.8, 4) is 0 Å². The molecule has 1 atom stereocenters. The Kier molecular flexibility index (Phi) is 5.62. The molecule has 130 valence electrons. The van der Waals surface area contributed by atoms with Crippen LogP contribution in [0.5, 0.6) is 0 Å². The Hall–Kier alpha value is -3.17. The van der Waals surface area contributed by atoms with Gasteiger partial charge in [0.1, 0.15) is 6.61 Å². The van der Waals surface area contributed by atoms with E-state index in [1.54, 1.807) is 30.3 Å². The van der Waals surface area contributed by atoms with Crippen molar-refractivity contribution in [2.45, 2.75) is 12.2 Å². The van der Waals surface area contributed by atoms with Crippen molar-refractivity contribution in [1.82, 2.24) is 0 Å². The fourth-order valence-electron chi connectivity index (χ4n) is 2.59. The molecule has 0 heterocycles. The highest BCUT2D eigenvalue weighted by Crippen LogP contribution is 2.26. The first-order valence-electron chi connectivity index (χ1n) is 8.42. The summed E-state index contributed by atoms with van der Waals surface area (Å²) in [5.74, 6) is -0.709. The fourth-order valence-corrected chi connectivity index (χ4v) is 2.59. The first-order chi connectivity index (χ1) is 12.7. The third-order valence-corrected chi connectivity index (χ3v) is 4.05. The van der Waals surface area contributed by atoms with E-state index in [1.165, 1.54) is 6.08 Å². The van der Waals surface area contributed by atoms with E-state index in [0.717, 1.165) is 11.1 Å². The van der Waals surface area contributed by atoms with Crippen molar-refractivity contribution >= 4 is 12.0 Å². The molecule has 3 rings (SSSR count). The lowest BCUT2D eigenvalue weighted by molar-refractivity contribution is -0.162. The minimum Gasteiger partial charge on any atom is -0.458 e. The van der Waals surface area contributed by atoms with Gasteiger partial charge in [-0.2, -0.15) is 0 Å². The molecule has 3 aromatic carbocycles. The molecular formula is C23H20O3. The van der Waals surface area contributed by atoms with E-state index < -0.39 is 11.6 Å². The lowest BCUT2D eigenvalue weighted by Crippen LogP contribution is -2.35. The van der Waals surface area contributed by atoms with Crippen LogP contribution in [0.1, 0.15) is 16.7 Å². The molecule has 0 saturated heterocycles. The van der Waals surface area contributed by atoms with Crippen molar-refractivity contribution in [3.05, 3.63) is 114 Å². The molecule has 3 aromatic rings. The van der Waals surface area contributed by atoms with Crippen LogP contribution in [0.3, 0.4) is 0 Å². The molecule has 0 bridgehead atoms. The van der Waals surface area contributed by atoms with Gasteiger partial charge in [0.25, 0.3) is 0 Å². The van der Waals surface area contributed by atoms with Crippen LogP contribution in [-0.4, -0.2) is 11.1 Å². The molecule has 0 spiro atoms. The predicted octanol–water partition coefficient (Wildman–Crippen LogP) is 4.33. The molecule has 0 saturated carbocycles. The van der Waals surface area contributed by atoms with E-state index in [-0.39, 0.29) is 6.61 Å². The van der Waals surface area contributed by atoms with Gasteiger partial charge in [0.05, 0.1) is 0 Å². The molecule has 3 nitrogen and oxygen atoms in total. The van der Waals surface area contributed by atoms with Crippen LogP contribution in [0.25, 0.3) is 6.08 Å². The molecule has 0 unspecified atom stereocenters. The van der Waals surface area contributed by atoms with E-state index >= 15 is 0 Å². The zero-order valence-corrected chi connectivity index (χ0v) is 14.3. The SMILES string of the molecule is O=C(OCc1ccccc1)[C@](O)(/C=C/c1ccccc1)c1ccccc1. The molecule has 26 heavy (non-hydrogen) atoms. The summed E-state index contributed by atoms with van der Waals surface area (Å²) in [5.41, 5.74) is 0.359. The summed E-state index contributed by atoms with van der Waals surface area (Å²) in [6, 6.07) is 27.7. The lowest BCUT2D eigenvalue weighted by atomic mass is 9.92. The van der Waals surface area contributed by atoms with Crippen molar-refractivity contribution in [3.63, 3.8) is 0 Å². The number of carbonyl (C=O) groups excluding carboxylic acids is 1. The van der Waals surface area contributed by atoms with Gasteiger partial charge in [0.15, 0.2) is 0 Å². The van der Waals surface area contributed by atoms with Crippen LogP contribution < -0.4 is 0 Å². The van der Waals surface area contributed by atoms with Crippen LogP contribution in [0, 0.1) is 0 Å². The third kappa shape index (κ3) is 4.26. The molecule has 0 aliphatic carbocycles.